The van der Waals surface area contributed by atoms with Crippen LogP contribution in [0.3, 0.4) is 0 Å². The van der Waals surface area contributed by atoms with Crippen LogP contribution in [0.4, 0.5) is 13.2 Å². The number of halogens is 3. The number of nitrogens with two attached hydrogens (primary N) is 1. The summed E-state index contributed by atoms with van der Waals surface area (Å²) in [5, 5.41) is 8.39. The standard InChI is InChI=1S/C14H21F3N4/c15-14(16,17)11-3-1-2-10(6-11)13-20-19-12-5-4-9(7-18)8-21(12)13/h9-11H,1-8,18H2. The number of fused-ring (bicyclic) bond motifs is 1. The lowest BCUT2D eigenvalue weighted by atomic mass is 9.80. The van der Waals surface area contributed by atoms with E-state index in [2.05, 4.69) is 10.2 Å². The SMILES string of the molecule is NCC1CCc2nnc(C3CCCC(C(F)(F)F)C3)n2C1. The lowest BCUT2D eigenvalue weighted by Gasteiger charge is -2.31. The van der Waals surface area contributed by atoms with Crippen LogP contribution in [0, 0.1) is 11.8 Å². The van der Waals surface area contributed by atoms with Crippen molar-refractivity contribution < 1.29 is 13.2 Å². The third kappa shape index (κ3) is 2.93. The molecule has 0 aromatic carbocycles. The molecule has 0 radical (unpaired) electrons. The van der Waals surface area contributed by atoms with E-state index in [4.69, 9.17) is 5.73 Å². The van der Waals surface area contributed by atoms with E-state index < -0.39 is 12.1 Å². The van der Waals surface area contributed by atoms with Gasteiger partial charge in [0.1, 0.15) is 11.6 Å². The number of hydrogen-bond donors (Lipinski definition) is 1. The number of rotatable bonds is 2. The van der Waals surface area contributed by atoms with Crippen molar-refractivity contribution in [1.82, 2.24) is 14.8 Å². The molecule has 0 saturated heterocycles. The first-order valence-electron chi connectivity index (χ1n) is 7.67. The van der Waals surface area contributed by atoms with Gasteiger partial charge in [-0.05, 0) is 38.1 Å². The third-order valence-electron chi connectivity index (χ3n) is 4.91. The third-order valence-corrected chi connectivity index (χ3v) is 4.91. The smallest absolute Gasteiger partial charge is 0.330 e. The fraction of sp³-hybridized carbons (Fsp3) is 0.857. The predicted molar refractivity (Wildman–Crippen MR) is 71.6 cm³/mol. The molecule has 0 bridgehead atoms. The summed E-state index contributed by atoms with van der Waals surface area (Å²) >= 11 is 0. The Kier molecular flexibility index (Phi) is 3.94. The van der Waals surface area contributed by atoms with Crippen LogP contribution in [-0.4, -0.2) is 27.5 Å². The molecule has 1 fully saturated rings. The van der Waals surface area contributed by atoms with Crippen LogP contribution < -0.4 is 5.73 Å². The van der Waals surface area contributed by atoms with E-state index in [-0.39, 0.29) is 18.8 Å². The average Bonchev–Trinajstić information content (AvgIpc) is 2.89. The second kappa shape index (κ2) is 5.59. The molecule has 2 heterocycles. The van der Waals surface area contributed by atoms with Gasteiger partial charge in [0.15, 0.2) is 0 Å². The minimum absolute atomic E-state index is 0.122. The van der Waals surface area contributed by atoms with E-state index in [1.807, 2.05) is 4.57 Å². The highest BCUT2D eigenvalue weighted by atomic mass is 19.4. The minimum atomic E-state index is -4.09. The topological polar surface area (TPSA) is 56.7 Å². The van der Waals surface area contributed by atoms with Gasteiger partial charge in [-0.2, -0.15) is 13.2 Å². The number of alkyl halides is 3. The van der Waals surface area contributed by atoms with Gasteiger partial charge in [0, 0.05) is 18.9 Å². The van der Waals surface area contributed by atoms with E-state index in [9.17, 15) is 13.2 Å². The van der Waals surface area contributed by atoms with Crippen molar-refractivity contribution in [1.29, 1.82) is 0 Å². The van der Waals surface area contributed by atoms with Crippen LogP contribution in [0.5, 0.6) is 0 Å². The first-order chi connectivity index (χ1) is 9.99. The molecule has 3 rings (SSSR count). The highest BCUT2D eigenvalue weighted by molar-refractivity contribution is 5.07. The summed E-state index contributed by atoms with van der Waals surface area (Å²) in [6.07, 6.45) is -0.505. The monoisotopic (exact) mass is 302 g/mol. The van der Waals surface area contributed by atoms with Gasteiger partial charge in [-0.3, -0.25) is 0 Å². The summed E-state index contributed by atoms with van der Waals surface area (Å²) in [6.45, 7) is 1.36. The van der Waals surface area contributed by atoms with Gasteiger partial charge in [-0.15, -0.1) is 10.2 Å². The Balaban J connectivity index is 1.80. The molecule has 3 unspecified atom stereocenters. The maximum absolute atomic E-state index is 13.0. The quantitative estimate of drug-likeness (QED) is 0.913. The van der Waals surface area contributed by atoms with Gasteiger partial charge in [0.2, 0.25) is 0 Å². The molecule has 21 heavy (non-hydrogen) atoms. The van der Waals surface area contributed by atoms with E-state index >= 15 is 0 Å². The zero-order chi connectivity index (χ0) is 15.0. The van der Waals surface area contributed by atoms with Gasteiger partial charge in [-0.25, -0.2) is 0 Å². The molecule has 7 heteroatoms. The van der Waals surface area contributed by atoms with Crippen LogP contribution in [-0.2, 0) is 13.0 Å². The molecule has 2 N–H and O–H groups in total. The summed E-state index contributed by atoms with van der Waals surface area (Å²) in [7, 11) is 0. The Morgan fingerprint density at radius 3 is 2.71 bits per heavy atom. The van der Waals surface area contributed by atoms with Crippen molar-refractivity contribution >= 4 is 0 Å². The molecule has 4 nitrogen and oxygen atoms in total. The number of hydrogen-bond acceptors (Lipinski definition) is 3. The van der Waals surface area contributed by atoms with E-state index in [0.717, 1.165) is 37.5 Å². The van der Waals surface area contributed by atoms with Crippen LogP contribution in [0.15, 0.2) is 0 Å². The molecule has 0 spiro atoms. The second-order valence-corrected chi connectivity index (χ2v) is 6.33. The zero-order valence-corrected chi connectivity index (χ0v) is 11.9. The molecular formula is C14H21F3N4. The van der Waals surface area contributed by atoms with Crippen molar-refractivity contribution in [2.75, 3.05) is 6.54 Å². The molecular weight excluding hydrogens is 281 g/mol. The van der Waals surface area contributed by atoms with Crippen molar-refractivity contribution in [3.05, 3.63) is 11.6 Å². The Morgan fingerprint density at radius 1 is 1.19 bits per heavy atom. The molecule has 1 aliphatic carbocycles. The molecule has 1 saturated carbocycles. The van der Waals surface area contributed by atoms with Crippen LogP contribution in [0.1, 0.15) is 49.7 Å². The minimum Gasteiger partial charge on any atom is -0.330 e. The summed E-state index contributed by atoms with van der Waals surface area (Å²) in [5.41, 5.74) is 5.73. The second-order valence-electron chi connectivity index (χ2n) is 6.33. The van der Waals surface area contributed by atoms with Crippen LogP contribution >= 0.6 is 0 Å². The molecule has 1 aliphatic heterocycles. The van der Waals surface area contributed by atoms with E-state index in [1.165, 1.54) is 0 Å². The summed E-state index contributed by atoms with van der Waals surface area (Å²) in [5.74, 6) is 0.719. The fourth-order valence-corrected chi connectivity index (χ4v) is 3.63. The largest absolute Gasteiger partial charge is 0.391 e. The van der Waals surface area contributed by atoms with E-state index in [0.29, 0.717) is 18.9 Å². The van der Waals surface area contributed by atoms with Gasteiger partial charge in [-0.1, -0.05) is 6.42 Å². The van der Waals surface area contributed by atoms with Crippen molar-refractivity contribution in [3.63, 3.8) is 0 Å². The van der Waals surface area contributed by atoms with E-state index in [1.54, 1.807) is 0 Å². The molecule has 118 valence electrons. The van der Waals surface area contributed by atoms with Gasteiger partial charge < -0.3 is 10.3 Å². The van der Waals surface area contributed by atoms with Crippen molar-refractivity contribution in [2.45, 2.75) is 57.2 Å². The summed E-state index contributed by atoms with van der Waals surface area (Å²) in [6, 6.07) is 0. The first-order valence-corrected chi connectivity index (χ1v) is 7.67. The number of nitrogens with zero attached hydrogens (tertiary/aromatic N) is 3. The molecule has 3 atom stereocenters. The maximum atomic E-state index is 13.0. The fourth-order valence-electron chi connectivity index (χ4n) is 3.63. The van der Waals surface area contributed by atoms with Gasteiger partial charge >= 0.3 is 6.18 Å². The molecule has 1 aromatic rings. The lowest BCUT2D eigenvalue weighted by Crippen LogP contribution is -2.31. The van der Waals surface area contributed by atoms with Crippen LogP contribution in [0.25, 0.3) is 0 Å². The molecule has 2 aliphatic rings. The number of aryl methyl sites for hydroxylation is 1. The van der Waals surface area contributed by atoms with Gasteiger partial charge in [0.25, 0.3) is 0 Å². The van der Waals surface area contributed by atoms with Gasteiger partial charge in [0.05, 0.1) is 5.92 Å². The summed E-state index contributed by atoms with van der Waals surface area (Å²) in [4.78, 5) is 0. The Hall–Kier alpha value is -1.11. The molecule has 0 amide bonds. The zero-order valence-electron chi connectivity index (χ0n) is 11.9. The Bertz CT molecular complexity index is 497. The first kappa shape index (κ1) is 14.8. The Labute approximate surface area is 121 Å². The highest BCUT2D eigenvalue weighted by Gasteiger charge is 2.43. The van der Waals surface area contributed by atoms with Crippen molar-refractivity contribution in [3.8, 4) is 0 Å². The number of aromatic nitrogens is 3. The molecule has 1 aromatic heterocycles. The Morgan fingerprint density at radius 2 is 2.00 bits per heavy atom. The summed E-state index contributed by atoms with van der Waals surface area (Å²) < 4.78 is 40.9. The average molecular weight is 302 g/mol. The normalized spacial score (nSPS) is 30.2. The highest BCUT2D eigenvalue weighted by Crippen LogP contribution is 2.43. The van der Waals surface area contributed by atoms with Crippen molar-refractivity contribution in [2.24, 2.45) is 17.6 Å². The lowest BCUT2D eigenvalue weighted by molar-refractivity contribution is -0.183. The van der Waals surface area contributed by atoms with Crippen LogP contribution in [0.2, 0.25) is 0 Å². The predicted octanol–water partition coefficient (Wildman–Crippen LogP) is 2.64. The maximum Gasteiger partial charge on any atom is 0.391 e.